The number of benzene rings is 2. The van der Waals surface area contributed by atoms with E-state index in [0.29, 0.717) is 12.1 Å². The smallest absolute Gasteiger partial charge is 0.126 e. The van der Waals surface area contributed by atoms with Crippen molar-refractivity contribution in [1.82, 2.24) is 0 Å². The average Bonchev–Trinajstić information content (AvgIpc) is 2.78. The van der Waals surface area contributed by atoms with Crippen molar-refractivity contribution in [2.24, 2.45) is 5.73 Å². The predicted molar refractivity (Wildman–Crippen MR) is 98.2 cm³/mol. The fourth-order valence-corrected chi connectivity index (χ4v) is 3.63. The van der Waals surface area contributed by atoms with Crippen LogP contribution in [0.1, 0.15) is 31.0 Å². The van der Waals surface area contributed by atoms with Gasteiger partial charge < -0.3 is 15.7 Å². The van der Waals surface area contributed by atoms with E-state index in [-0.39, 0.29) is 24.4 Å². The van der Waals surface area contributed by atoms with Crippen molar-refractivity contribution in [2.45, 2.75) is 31.4 Å². The number of anilines is 1. The van der Waals surface area contributed by atoms with Gasteiger partial charge in [0, 0.05) is 30.3 Å². The molecule has 0 bridgehead atoms. The summed E-state index contributed by atoms with van der Waals surface area (Å²) in [5, 5.41) is 10.5. The Bertz CT molecular complexity index is 734. The van der Waals surface area contributed by atoms with E-state index in [9.17, 15) is 13.9 Å². The lowest BCUT2D eigenvalue weighted by Crippen LogP contribution is -2.41. The molecule has 25 heavy (non-hydrogen) atoms. The standard InChI is InChI=1S/C19H22F2N2O.ClH/c1-19(2)11-23(16-6-4-3-5-15(16)19)18(17(24)10-22)12-7-13(20)9-14(21)8-12;/h3-9,17-18,24H,10-11,22H2,1-2H3;1H/t17-,18+;/m1./s1. The van der Waals surface area contributed by atoms with Gasteiger partial charge in [0.25, 0.3) is 0 Å². The van der Waals surface area contributed by atoms with Crippen molar-refractivity contribution in [3.63, 3.8) is 0 Å². The monoisotopic (exact) mass is 368 g/mol. The van der Waals surface area contributed by atoms with Gasteiger partial charge in [-0.05, 0) is 29.3 Å². The minimum absolute atomic E-state index is 0. The van der Waals surface area contributed by atoms with Gasteiger partial charge in [0.1, 0.15) is 11.6 Å². The van der Waals surface area contributed by atoms with Crippen LogP contribution in [0.15, 0.2) is 42.5 Å². The van der Waals surface area contributed by atoms with Crippen LogP contribution in [0, 0.1) is 11.6 Å². The summed E-state index contributed by atoms with van der Waals surface area (Å²) in [6.45, 7) is 4.86. The summed E-state index contributed by atoms with van der Waals surface area (Å²) in [5.41, 5.74) is 8.05. The minimum Gasteiger partial charge on any atom is -0.389 e. The highest BCUT2D eigenvalue weighted by atomic mass is 35.5. The number of hydrogen-bond acceptors (Lipinski definition) is 3. The zero-order chi connectivity index (χ0) is 17.5. The molecule has 0 amide bonds. The molecule has 0 aliphatic carbocycles. The summed E-state index contributed by atoms with van der Waals surface area (Å²) in [7, 11) is 0. The average molecular weight is 369 g/mol. The van der Waals surface area contributed by atoms with Gasteiger partial charge in [0.2, 0.25) is 0 Å². The van der Waals surface area contributed by atoms with Crippen molar-refractivity contribution in [1.29, 1.82) is 0 Å². The maximum Gasteiger partial charge on any atom is 0.126 e. The van der Waals surface area contributed by atoms with E-state index in [4.69, 9.17) is 5.73 Å². The van der Waals surface area contributed by atoms with Crippen LogP contribution in [0.25, 0.3) is 0 Å². The number of halogens is 3. The van der Waals surface area contributed by atoms with Gasteiger partial charge in [-0.25, -0.2) is 8.78 Å². The van der Waals surface area contributed by atoms with Crippen LogP contribution in [-0.4, -0.2) is 24.3 Å². The van der Waals surface area contributed by atoms with Gasteiger partial charge in [-0.2, -0.15) is 0 Å². The number of para-hydroxylation sites is 1. The van der Waals surface area contributed by atoms with Crippen molar-refractivity contribution in [3.8, 4) is 0 Å². The van der Waals surface area contributed by atoms with Crippen LogP contribution >= 0.6 is 12.4 Å². The maximum absolute atomic E-state index is 13.7. The lowest BCUT2D eigenvalue weighted by molar-refractivity contribution is 0.147. The first-order chi connectivity index (χ1) is 11.3. The number of rotatable bonds is 4. The molecule has 1 heterocycles. The van der Waals surface area contributed by atoms with Gasteiger partial charge in [-0.3, -0.25) is 0 Å². The highest BCUT2D eigenvalue weighted by Crippen LogP contribution is 2.45. The number of nitrogens with two attached hydrogens (primary N) is 1. The second-order valence-electron chi connectivity index (χ2n) is 6.98. The van der Waals surface area contributed by atoms with Crippen LogP contribution in [0.2, 0.25) is 0 Å². The van der Waals surface area contributed by atoms with E-state index in [1.54, 1.807) is 0 Å². The van der Waals surface area contributed by atoms with Gasteiger partial charge in [0.05, 0.1) is 12.1 Å². The molecule has 1 aliphatic heterocycles. The number of hydrogen-bond donors (Lipinski definition) is 2. The first-order valence-corrected chi connectivity index (χ1v) is 8.04. The van der Waals surface area contributed by atoms with E-state index in [0.717, 1.165) is 17.3 Å². The largest absolute Gasteiger partial charge is 0.389 e. The Morgan fingerprint density at radius 2 is 1.76 bits per heavy atom. The third kappa shape index (κ3) is 3.64. The zero-order valence-corrected chi connectivity index (χ0v) is 15.1. The number of aliphatic hydroxyl groups excluding tert-OH is 1. The first kappa shape index (κ1) is 19.6. The molecule has 0 aromatic heterocycles. The Hall–Kier alpha value is -1.69. The maximum atomic E-state index is 13.7. The van der Waals surface area contributed by atoms with Crippen molar-refractivity contribution in [2.75, 3.05) is 18.0 Å². The molecule has 2 aromatic rings. The SMILES string of the molecule is CC1(C)CN([C@@H](c2cc(F)cc(F)c2)[C@H](O)CN)c2ccccc21.Cl. The van der Waals surface area contributed by atoms with Crippen LogP contribution in [0.4, 0.5) is 14.5 Å². The molecule has 3 nitrogen and oxygen atoms in total. The second kappa shape index (κ2) is 7.28. The fraction of sp³-hybridized carbons (Fsp3) is 0.368. The van der Waals surface area contributed by atoms with Gasteiger partial charge in [-0.1, -0.05) is 32.0 Å². The fourth-order valence-electron chi connectivity index (χ4n) is 3.63. The number of fused-ring (bicyclic) bond motifs is 1. The Morgan fingerprint density at radius 1 is 1.16 bits per heavy atom. The topological polar surface area (TPSA) is 49.5 Å². The van der Waals surface area contributed by atoms with Crippen LogP contribution in [-0.2, 0) is 5.41 Å². The molecule has 2 atom stereocenters. The molecule has 6 heteroatoms. The zero-order valence-electron chi connectivity index (χ0n) is 14.2. The summed E-state index contributed by atoms with van der Waals surface area (Å²) in [5.74, 6) is -1.32. The lowest BCUT2D eigenvalue weighted by Gasteiger charge is -2.35. The van der Waals surface area contributed by atoms with E-state index in [1.807, 2.05) is 29.2 Å². The minimum atomic E-state index is -0.937. The molecule has 3 rings (SSSR count). The Balaban J connectivity index is 0.00000225. The molecule has 0 unspecified atom stereocenters. The highest BCUT2D eigenvalue weighted by Gasteiger charge is 2.40. The Morgan fingerprint density at radius 3 is 2.36 bits per heavy atom. The molecule has 0 saturated heterocycles. The number of aliphatic hydroxyl groups is 1. The van der Waals surface area contributed by atoms with Crippen LogP contribution in [0.5, 0.6) is 0 Å². The lowest BCUT2D eigenvalue weighted by atomic mass is 9.87. The second-order valence-corrected chi connectivity index (χ2v) is 6.98. The summed E-state index contributed by atoms with van der Waals surface area (Å²) in [4.78, 5) is 2.00. The summed E-state index contributed by atoms with van der Waals surface area (Å²) in [6, 6.07) is 10.7. The third-order valence-corrected chi connectivity index (χ3v) is 4.68. The summed E-state index contributed by atoms with van der Waals surface area (Å²) >= 11 is 0. The van der Waals surface area contributed by atoms with Crippen molar-refractivity contribution in [3.05, 3.63) is 65.2 Å². The molecule has 3 N–H and O–H groups in total. The van der Waals surface area contributed by atoms with Crippen molar-refractivity contribution < 1.29 is 13.9 Å². The summed E-state index contributed by atoms with van der Waals surface area (Å²) < 4.78 is 27.4. The molecular weight excluding hydrogens is 346 g/mol. The third-order valence-electron chi connectivity index (χ3n) is 4.68. The van der Waals surface area contributed by atoms with E-state index < -0.39 is 23.8 Å². The normalized spacial score (nSPS) is 17.6. The molecular formula is C19H23ClF2N2O. The van der Waals surface area contributed by atoms with Gasteiger partial charge >= 0.3 is 0 Å². The van der Waals surface area contributed by atoms with E-state index >= 15 is 0 Å². The van der Waals surface area contributed by atoms with Crippen LogP contribution in [0.3, 0.4) is 0 Å². The van der Waals surface area contributed by atoms with Gasteiger partial charge in [-0.15, -0.1) is 12.4 Å². The van der Waals surface area contributed by atoms with Gasteiger partial charge in [0.15, 0.2) is 0 Å². The molecule has 1 aliphatic rings. The van der Waals surface area contributed by atoms with Crippen LogP contribution < -0.4 is 10.6 Å². The predicted octanol–water partition coefficient (Wildman–Crippen LogP) is 3.55. The molecule has 2 aromatic carbocycles. The molecule has 0 fully saturated rings. The Kier molecular flexibility index (Phi) is 5.72. The first-order valence-electron chi connectivity index (χ1n) is 8.04. The number of nitrogens with zero attached hydrogens (tertiary/aromatic N) is 1. The molecule has 0 spiro atoms. The molecule has 0 saturated carbocycles. The quantitative estimate of drug-likeness (QED) is 0.867. The van der Waals surface area contributed by atoms with E-state index in [1.165, 1.54) is 12.1 Å². The summed E-state index contributed by atoms with van der Waals surface area (Å²) in [6.07, 6.45) is -0.937. The Labute approximate surface area is 152 Å². The van der Waals surface area contributed by atoms with Crippen molar-refractivity contribution >= 4 is 18.1 Å². The molecule has 136 valence electrons. The molecule has 0 radical (unpaired) electrons. The van der Waals surface area contributed by atoms with E-state index in [2.05, 4.69) is 13.8 Å². The highest BCUT2D eigenvalue weighted by molar-refractivity contribution is 5.85.